The molecule has 0 bridgehead atoms. The van der Waals surface area contributed by atoms with E-state index in [-0.39, 0.29) is 11.7 Å². The van der Waals surface area contributed by atoms with Gasteiger partial charge in [0.15, 0.2) is 0 Å². The molecule has 0 radical (unpaired) electrons. The smallest absolute Gasteiger partial charge is 0.335 e. The Morgan fingerprint density at radius 2 is 1.68 bits per heavy atom. The number of imide groups is 2. The predicted molar refractivity (Wildman–Crippen MR) is 107 cm³/mol. The van der Waals surface area contributed by atoms with Crippen LogP contribution in [0.3, 0.4) is 0 Å². The number of hydrogen-bond acceptors (Lipinski definition) is 4. The number of aryl methyl sites for hydroxylation is 1. The van der Waals surface area contributed by atoms with Crippen LogP contribution in [0.5, 0.6) is 5.75 Å². The van der Waals surface area contributed by atoms with Gasteiger partial charge in [0.2, 0.25) is 0 Å². The quantitative estimate of drug-likeness (QED) is 0.649. The second kappa shape index (κ2) is 7.68. The summed E-state index contributed by atoms with van der Waals surface area (Å²) < 4.78 is 5.59. The normalized spacial score (nSPS) is 16.0. The van der Waals surface area contributed by atoms with E-state index in [2.05, 4.69) is 5.32 Å². The molecule has 28 heavy (non-hydrogen) atoms. The second-order valence-corrected chi connectivity index (χ2v) is 6.91. The van der Waals surface area contributed by atoms with Crippen molar-refractivity contribution in [3.8, 4) is 5.75 Å². The van der Waals surface area contributed by atoms with E-state index in [0.717, 1.165) is 16.0 Å². The van der Waals surface area contributed by atoms with Crippen LogP contribution in [0.4, 0.5) is 10.5 Å². The number of rotatable bonds is 4. The molecule has 1 heterocycles. The number of ether oxygens (including phenoxy) is 1. The number of barbiturate groups is 1. The average molecular weight is 378 g/mol. The van der Waals surface area contributed by atoms with E-state index >= 15 is 0 Å². The molecule has 0 unspecified atom stereocenters. The zero-order valence-electron chi connectivity index (χ0n) is 16.3. The molecule has 6 heteroatoms. The van der Waals surface area contributed by atoms with Gasteiger partial charge in [-0.2, -0.15) is 0 Å². The summed E-state index contributed by atoms with van der Waals surface area (Å²) in [6.07, 6.45) is 1.52. The minimum absolute atomic E-state index is 0.0482. The molecule has 0 saturated carbocycles. The van der Waals surface area contributed by atoms with Crippen LogP contribution in [0.25, 0.3) is 6.08 Å². The van der Waals surface area contributed by atoms with Crippen molar-refractivity contribution in [2.75, 3.05) is 4.90 Å². The topological polar surface area (TPSA) is 75.7 Å². The lowest BCUT2D eigenvalue weighted by molar-refractivity contribution is -0.122. The van der Waals surface area contributed by atoms with Gasteiger partial charge in [-0.3, -0.25) is 14.9 Å². The van der Waals surface area contributed by atoms with Crippen molar-refractivity contribution >= 4 is 29.6 Å². The summed E-state index contributed by atoms with van der Waals surface area (Å²) in [5.74, 6) is -0.659. The summed E-state index contributed by atoms with van der Waals surface area (Å²) >= 11 is 0. The Balaban J connectivity index is 1.96. The molecule has 1 fully saturated rings. The number of urea groups is 1. The van der Waals surface area contributed by atoms with Gasteiger partial charge in [-0.15, -0.1) is 0 Å². The first-order valence-corrected chi connectivity index (χ1v) is 9.02. The number of hydrogen-bond donors (Lipinski definition) is 1. The summed E-state index contributed by atoms with van der Waals surface area (Å²) in [5.41, 5.74) is 2.76. The molecule has 0 spiro atoms. The van der Waals surface area contributed by atoms with Gasteiger partial charge in [0, 0.05) is 0 Å². The van der Waals surface area contributed by atoms with Gasteiger partial charge < -0.3 is 4.74 Å². The molecule has 0 aromatic heterocycles. The molecule has 2 aromatic rings. The maximum Gasteiger partial charge on any atom is 0.335 e. The molecule has 2 aromatic carbocycles. The lowest BCUT2D eigenvalue weighted by Gasteiger charge is -2.28. The van der Waals surface area contributed by atoms with Crippen molar-refractivity contribution in [3.63, 3.8) is 0 Å². The van der Waals surface area contributed by atoms with Crippen LogP contribution >= 0.6 is 0 Å². The van der Waals surface area contributed by atoms with E-state index in [1.807, 2.05) is 33.8 Å². The largest absolute Gasteiger partial charge is 0.491 e. The SMILES string of the molecule is Cc1cccc(N2C(=O)NC(=O)/C(=C\c3ccc(OC(C)C)cc3)C2=O)c1C. The number of nitrogens with zero attached hydrogens (tertiary/aromatic N) is 1. The maximum atomic E-state index is 13.0. The maximum absolute atomic E-state index is 13.0. The van der Waals surface area contributed by atoms with Crippen molar-refractivity contribution in [3.05, 3.63) is 64.7 Å². The Bertz CT molecular complexity index is 975. The lowest BCUT2D eigenvalue weighted by Crippen LogP contribution is -2.54. The Hall–Kier alpha value is -3.41. The van der Waals surface area contributed by atoms with E-state index in [1.54, 1.807) is 36.4 Å². The van der Waals surface area contributed by atoms with Gasteiger partial charge in [0.1, 0.15) is 11.3 Å². The zero-order valence-corrected chi connectivity index (χ0v) is 16.3. The first-order valence-electron chi connectivity index (χ1n) is 9.02. The van der Waals surface area contributed by atoms with Crippen LogP contribution in [0, 0.1) is 13.8 Å². The van der Waals surface area contributed by atoms with Gasteiger partial charge in [-0.05, 0) is 68.7 Å². The van der Waals surface area contributed by atoms with Crippen LogP contribution in [-0.4, -0.2) is 23.9 Å². The fourth-order valence-electron chi connectivity index (χ4n) is 2.94. The molecule has 6 nitrogen and oxygen atoms in total. The van der Waals surface area contributed by atoms with Crippen molar-refractivity contribution in [2.24, 2.45) is 0 Å². The van der Waals surface area contributed by atoms with E-state index in [9.17, 15) is 14.4 Å². The highest BCUT2D eigenvalue weighted by Crippen LogP contribution is 2.27. The lowest BCUT2D eigenvalue weighted by atomic mass is 10.0. The van der Waals surface area contributed by atoms with Crippen LogP contribution < -0.4 is 15.0 Å². The van der Waals surface area contributed by atoms with E-state index in [0.29, 0.717) is 17.0 Å². The first kappa shape index (κ1) is 19.4. The minimum atomic E-state index is -0.749. The number of benzene rings is 2. The van der Waals surface area contributed by atoms with Gasteiger partial charge in [-0.25, -0.2) is 9.69 Å². The summed E-state index contributed by atoms with van der Waals surface area (Å²) in [7, 11) is 0. The third-order valence-corrected chi connectivity index (χ3v) is 4.48. The number of nitrogens with one attached hydrogen (secondary N) is 1. The van der Waals surface area contributed by atoms with Crippen LogP contribution in [-0.2, 0) is 9.59 Å². The predicted octanol–water partition coefficient (Wildman–Crippen LogP) is 3.76. The Kier molecular flexibility index (Phi) is 5.31. The molecule has 144 valence electrons. The highest BCUT2D eigenvalue weighted by atomic mass is 16.5. The van der Waals surface area contributed by atoms with Crippen molar-refractivity contribution < 1.29 is 19.1 Å². The molecule has 1 saturated heterocycles. The number of carbonyl (C=O) groups is 3. The van der Waals surface area contributed by atoms with Crippen LogP contribution in [0.2, 0.25) is 0 Å². The summed E-state index contributed by atoms with van der Waals surface area (Å²) in [5, 5.41) is 2.25. The van der Waals surface area contributed by atoms with Gasteiger partial charge in [0.25, 0.3) is 11.8 Å². The summed E-state index contributed by atoms with van der Waals surface area (Å²) in [6, 6.07) is 11.6. The Morgan fingerprint density at radius 1 is 1.00 bits per heavy atom. The van der Waals surface area contributed by atoms with Gasteiger partial charge in [0.05, 0.1) is 11.8 Å². The molecular weight excluding hydrogens is 356 g/mol. The fraction of sp³-hybridized carbons (Fsp3) is 0.227. The average Bonchev–Trinajstić information content (AvgIpc) is 2.63. The molecule has 1 aliphatic heterocycles. The molecule has 1 aliphatic rings. The highest BCUT2D eigenvalue weighted by Gasteiger charge is 2.37. The van der Waals surface area contributed by atoms with E-state index < -0.39 is 17.8 Å². The number of anilines is 1. The Labute approximate surface area is 163 Å². The van der Waals surface area contributed by atoms with Crippen molar-refractivity contribution in [1.82, 2.24) is 5.32 Å². The molecule has 3 rings (SSSR count). The first-order chi connectivity index (χ1) is 13.3. The van der Waals surface area contributed by atoms with Crippen LogP contribution in [0.15, 0.2) is 48.0 Å². The minimum Gasteiger partial charge on any atom is -0.491 e. The molecule has 0 atom stereocenters. The summed E-state index contributed by atoms with van der Waals surface area (Å²) in [4.78, 5) is 38.6. The molecule has 1 N–H and O–H groups in total. The monoisotopic (exact) mass is 378 g/mol. The molecule has 4 amide bonds. The molecule has 0 aliphatic carbocycles. The van der Waals surface area contributed by atoms with Crippen LogP contribution in [0.1, 0.15) is 30.5 Å². The van der Waals surface area contributed by atoms with Crippen molar-refractivity contribution in [1.29, 1.82) is 0 Å². The van der Waals surface area contributed by atoms with E-state index in [4.69, 9.17) is 4.74 Å². The third-order valence-electron chi connectivity index (χ3n) is 4.48. The summed E-state index contributed by atoms with van der Waals surface area (Å²) in [6.45, 7) is 7.59. The third kappa shape index (κ3) is 3.81. The molecular formula is C22H22N2O4. The number of amides is 4. The van der Waals surface area contributed by atoms with Gasteiger partial charge in [-0.1, -0.05) is 24.3 Å². The second-order valence-electron chi connectivity index (χ2n) is 6.91. The Morgan fingerprint density at radius 3 is 2.32 bits per heavy atom. The number of carbonyl (C=O) groups excluding carboxylic acids is 3. The fourth-order valence-corrected chi connectivity index (χ4v) is 2.94. The van der Waals surface area contributed by atoms with Gasteiger partial charge >= 0.3 is 6.03 Å². The highest BCUT2D eigenvalue weighted by molar-refractivity contribution is 6.39. The standard InChI is InChI=1S/C22H22N2O4/c1-13(2)28-17-10-8-16(9-11-17)12-18-20(25)23-22(27)24(21(18)26)19-7-5-6-14(3)15(19)4/h5-13H,1-4H3,(H,23,25,27)/b18-12+. The zero-order chi connectivity index (χ0) is 20.4. The van der Waals surface area contributed by atoms with Crippen molar-refractivity contribution in [2.45, 2.75) is 33.8 Å². The van der Waals surface area contributed by atoms with E-state index in [1.165, 1.54) is 6.08 Å².